The molecule has 18 heavy (non-hydrogen) atoms. The van der Waals surface area contributed by atoms with Gasteiger partial charge in [-0.25, -0.2) is 4.39 Å². The molecule has 1 amide bonds. The van der Waals surface area contributed by atoms with Crippen molar-refractivity contribution in [2.75, 3.05) is 0 Å². The fourth-order valence-corrected chi connectivity index (χ4v) is 2.09. The Morgan fingerprint density at radius 3 is 2.78 bits per heavy atom. The average molecular weight is 356 g/mol. The predicted molar refractivity (Wildman–Crippen MR) is 74.5 cm³/mol. The number of rotatable bonds is 3. The van der Waals surface area contributed by atoms with Crippen LogP contribution in [0.3, 0.4) is 0 Å². The maximum absolute atomic E-state index is 13.3. The molecule has 1 aromatic heterocycles. The summed E-state index contributed by atoms with van der Waals surface area (Å²) < 4.78 is 14.2. The average Bonchev–Trinajstić information content (AvgIpc) is 2.38. The molecule has 1 aromatic carbocycles. The number of hydrogen-bond donors (Lipinski definition) is 1. The van der Waals surface area contributed by atoms with Gasteiger partial charge in [-0.15, -0.1) is 0 Å². The number of halogens is 2. The number of nitrogens with one attached hydrogen (secondary N) is 1. The summed E-state index contributed by atoms with van der Waals surface area (Å²) in [6, 6.07) is 10.1. The molecule has 0 aliphatic carbocycles. The summed E-state index contributed by atoms with van der Waals surface area (Å²) in [7, 11) is 0. The molecule has 0 bridgehead atoms. The fraction of sp³-hybridized carbons (Fsp3) is 0.0769. The summed E-state index contributed by atoms with van der Waals surface area (Å²) in [5, 5.41) is 2.65. The molecule has 0 saturated carbocycles. The van der Waals surface area contributed by atoms with Gasteiger partial charge in [-0.05, 0) is 46.9 Å². The van der Waals surface area contributed by atoms with Crippen molar-refractivity contribution in [2.45, 2.75) is 6.54 Å². The number of aromatic nitrogens is 1. The first-order chi connectivity index (χ1) is 8.68. The molecule has 0 unspecified atom stereocenters. The van der Waals surface area contributed by atoms with Crippen molar-refractivity contribution in [1.82, 2.24) is 10.3 Å². The maximum Gasteiger partial charge on any atom is 0.252 e. The third-order valence-electron chi connectivity index (χ3n) is 2.37. The first kappa shape index (κ1) is 12.9. The van der Waals surface area contributed by atoms with Crippen LogP contribution in [0.5, 0.6) is 0 Å². The third-order valence-corrected chi connectivity index (χ3v) is 3.31. The number of carbonyl (C=O) groups excluding carboxylic acids is 1. The molecule has 2 rings (SSSR count). The lowest BCUT2D eigenvalue weighted by molar-refractivity contribution is 0.0949. The highest BCUT2D eigenvalue weighted by atomic mass is 127. The Morgan fingerprint density at radius 2 is 2.06 bits per heavy atom. The van der Waals surface area contributed by atoms with Crippen LogP contribution in [-0.2, 0) is 6.54 Å². The lowest BCUT2D eigenvalue weighted by Crippen LogP contribution is -2.24. The molecular weight excluding hydrogens is 346 g/mol. The predicted octanol–water partition coefficient (Wildman–Crippen LogP) is 2.76. The largest absolute Gasteiger partial charge is 0.346 e. The van der Waals surface area contributed by atoms with Crippen LogP contribution in [0.1, 0.15) is 16.1 Å². The summed E-state index contributed by atoms with van der Waals surface area (Å²) in [5.41, 5.74) is 0.811. The second-order valence-corrected chi connectivity index (χ2v) is 4.76. The minimum absolute atomic E-state index is 0.0798. The molecule has 2 aromatic rings. The molecule has 92 valence electrons. The highest BCUT2D eigenvalue weighted by Crippen LogP contribution is 2.11. The van der Waals surface area contributed by atoms with E-state index >= 15 is 0 Å². The normalized spacial score (nSPS) is 10.1. The van der Waals surface area contributed by atoms with Gasteiger partial charge in [0, 0.05) is 9.77 Å². The van der Waals surface area contributed by atoms with Gasteiger partial charge < -0.3 is 5.32 Å². The van der Waals surface area contributed by atoms with Crippen LogP contribution in [0.25, 0.3) is 0 Å². The van der Waals surface area contributed by atoms with Crippen LogP contribution < -0.4 is 5.32 Å². The topological polar surface area (TPSA) is 42.0 Å². The van der Waals surface area contributed by atoms with Crippen molar-refractivity contribution in [3.05, 3.63) is 63.2 Å². The molecule has 1 N–H and O–H groups in total. The Hall–Kier alpha value is -1.50. The minimum atomic E-state index is -0.416. The zero-order valence-corrected chi connectivity index (χ0v) is 11.5. The van der Waals surface area contributed by atoms with Gasteiger partial charge in [-0.1, -0.05) is 12.1 Å². The van der Waals surface area contributed by atoms with Gasteiger partial charge in [0.05, 0.1) is 17.8 Å². The Morgan fingerprint density at radius 1 is 1.28 bits per heavy atom. The van der Waals surface area contributed by atoms with Crippen molar-refractivity contribution < 1.29 is 9.18 Å². The number of nitrogens with zero attached hydrogens (tertiary/aromatic N) is 1. The van der Waals surface area contributed by atoms with Gasteiger partial charge >= 0.3 is 0 Å². The third kappa shape index (κ3) is 3.04. The number of benzene rings is 1. The van der Waals surface area contributed by atoms with Crippen LogP contribution in [0.15, 0.2) is 42.6 Å². The Balaban J connectivity index is 2.06. The van der Waals surface area contributed by atoms with E-state index in [2.05, 4.69) is 32.9 Å². The molecule has 5 heteroatoms. The summed E-state index contributed by atoms with van der Waals surface area (Å²) in [6.45, 7) is 0.0798. The molecular formula is C13H10FIN2O. The van der Waals surface area contributed by atoms with Crippen molar-refractivity contribution in [2.24, 2.45) is 0 Å². The highest BCUT2D eigenvalue weighted by molar-refractivity contribution is 14.1. The van der Waals surface area contributed by atoms with E-state index in [0.29, 0.717) is 5.56 Å². The van der Waals surface area contributed by atoms with E-state index < -0.39 is 5.82 Å². The molecule has 1 heterocycles. The lowest BCUT2D eigenvalue weighted by Gasteiger charge is -2.06. The fourth-order valence-electron chi connectivity index (χ4n) is 1.45. The van der Waals surface area contributed by atoms with E-state index in [-0.39, 0.29) is 18.1 Å². The molecule has 0 fully saturated rings. The van der Waals surface area contributed by atoms with E-state index in [1.54, 1.807) is 12.1 Å². The molecule has 0 aliphatic rings. The van der Waals surface area contributed by atoms with Crippen LogP contribution in [0.4, 0.5) is 4.39 Å². The molecule has 0 aliphatic heterocycles. The highest BCUT2D eigenvalue weighted by Gasteiger charge is 2.10. The smallest absolute Gasteiger partial charge is 0.252 e. The number of hydrogen-bond acceptors (Lipinski definition) is 2. The SMILES string of the molecule is O=C(NCc1ncccc1F)c1ccccc1I. The van der Waals surface area contributed by atoms with Gasteiger partial charge in [0.1, 0.15) is 5.82 Å². The zero-order chi connectivity index (χ0) is 13.0. The maximum atomic E-state index is 13.3. The molecule has 0 saturated heterocycles. The van der Waals surface area contributed by atoms with Crippen molar-refractivity contribution in [3.63, 3.8) is 0 Å². The molecule has 3 nitrogen and oxygen atoms in total. The molecule has 0 atom stereocenters. The van der Waals surface area contributed by atoms with Crippen molar-refractivity contribution in [3.8, 4) is 0 Å². The van der Waals surface area contributed by atoms with Gasteiger partial charge in [-0.2, -0.15) is 0 Å². The van der Waals surface area contributed by atoms with Crippen LogP contribution in [-0.4, -0.2) is 10.9 Å². The van der Waals surface area contributed by atoms with Crippen LogP contribution in [0, 0.1) is 9.39 Å². The van der Waals surface area contributed by atoms with Crippen LogP contribution >= 0.6 is 22.6 Å². The molecule has 0 radical (unpaired) electrons. The number of amides is 1. The summed E-state index contributed by atoms with van der Waals surface area (Å²) in [5.74, 6) is -0.648. The second-order valence-electron chi connectivity index (χ2n) is 3.59. The Labute approximate surface area is 118 Å². The van der Waals surface area contributed by atoms with E-state index in [9.17, 15) is 9.18 Å². The van der Waals surface area contributed by atoms with Gasteiger partial charge in [-0.3, -0.25) is 9.78 Å². The van der Waals surface area contributed by atoms with Gasteiger partial charge in [0.25, 0.3) is 5.91 Å². The summed E-state index contributed by atoms with van der Waals surface area (Å²) in [6.07, 6.45) is 1.50. The van der Waals surface area contributed by atoms with E-state index in [1.807, 2.05) is 12.1 Å². The standard InChI is InChI=1S/C13H10FIN2O/c14-10-5-3-7-16-12(10)8-17-13(18)9-4-1-2-6-11(9)15/h1-7H,8H2,(H,17,18). The first-order valence-corrected chi connectivity index (χ1v) is 6.38. The van der Waals surface area contributed by atoms with Gasteiger partial charge in [0.15, 0.2) is 0 Å². The number of carbonyl (C=O) groups is 1. The monoisotopic (exact) mass is 356 g/mol. The quantitative estimate of drug-likeness (QED) is 0.860. The Kier molecular flexibility index (Phi) is 4.24. The van der Waals surface area contributed by atoms with Crippen molar-refractivity contribution in [1.29, 1.82) is 0 Å². The van der Waals surface area contributed by atoms with Crippen LogP contribution in [0.2, 0.25) is 0 Å². The first-order valence-electron chi connectivity index (χ1n) is 5.30. The summed E-state index contributed by atoms with van der Waals surface area (Å²) >= 11 is 2.09. The van der Waals surface area contributed by atoms with E-state index in [0.717, 1.165) is 3.57 Å². The zero-order valence-electron chi connectivity index (χ0n) is 9.36. The number of pyridine rings is 1. The second kappa shape index (κ2) is 5.90. The van der Waals surface area contributed by atoms with E-state index in [4.69, 9.17) is 0 Å². The minimum Gasteiger partial charge on any atom is -0.346 e. The molecule has 0 spiro atoms. The van der Waals surface area contributed by atoms with E-state index in [1.165, 1.54) is 18.3 Å². The van der Waals surface area contributed by atoms with Crippen molar-refractivity contribution >= 4 is 28.5 Å². The summed E-state index contributed by atoms with van der Waals surface area (Å²) in [4.78, 5) is 15.8. The lowest BCUT2D eigenvalue weighted by atomic mass is 10.2. The van der Waals surface area contributed by atoms with Gasteiger partial charge in [0.2, 0.25) is 0 Å². The Bertz CT molecular complexity index is 574.